The van der Waals surface area contributed by atoms with E-state index >= 15 is 0 Å². The summed E-state index contributed by atoms with van der Waals surface area (Å²) in [6.45, 7) is 0. The molecule has 0 amide bonds. The zero-order valence-electron chi connectivity index (χ0n) is 7.68. The van der Waals surface area contributed by atoms with Gasteiger partial charge in [-0.25, -0.2) is 4.39 Å². The van der Waals surface area contributed by atoms with Gasteiger partial charge in [-0.3, -0.25) is 0 Å². The summed E-state index contributed by atoms with van der Waals surface area (Å²) in [5.41, 5.74) is -0.594. The third kappa shape index (κ3) is 1.42. The van der Waals surface area contributed by atoms with E-state index in [2.05, 4.69) is 15.9 Å². The Hall–Kier alpha value is -0.610. The van der Waals surface area contributed by atoms with Crippen molar-refractivity contribution in [2.45, 2.75) is 18.4 Å². The Morgan fingerprint density at radius 2 is 2.14 bits per heavy atom. The number of rotatable bonds is 2. The molecule has 76 valence electrons. The van der Waals surface area contributed by atoms with Crippen LogP contribution in [0.15, 0.2) is 16.6 Å². The Balaban J connectivity index is 2.49. The quantitative estimate of drug-likeness (QED) is 0.886. The monoisotopic (exact) mass is 260 g/mol. The minimum absolute atomic E-state index is 0.276. The number of hydrogen-bond donors (Lipinski definition) is 1. The van der Waals surface area contributed by atoms with Crippen LogP contribution in [0.25, 0.3) is 0 Å². The number of aliphatic hydroxyl groups is 1. The van der Waals surface area contributed by atoms with Gasteiger partial charge in [0.2, 0.25) is 0 Å². The SMILES string of the molecule is COc1ccc(C2(O)CC2)c(F)c1Br. The van der Waals surface area contributed by atoms with Crippen LogP contribution in [0.4, 0.5) is 4.39 Å². The molecule has 0 heterocycles. The van der Waals surface area contributed by atoms with E-state index < -0.39 is 11.4 Å². The topological polar surface area (TPSA) is 29.5 Å². The predicted molar refractivity (Wildman–Crippen MR) is 53.8 cm³/mol. The first-order valence-electron chi connectivity index (χ1n) is 4.33. The van der Waals surface area contributed by atoms with Crippen molar-refractivity contribution in [1.29, 1.82) is 0 Å². The maximum Gasteiger partial charge on any atom is 0.147 e. The molecule has 1 aliphatic carbocycles. The third-order valence-electron chi connectivity index (χ3n) is 2.49. The van der Waals surface area contributed by atoms with Gasteiger partial charge >= 0.3 is 0 Å². The summed E-state index contributed by atoms with van der Waals surface area (Å²) >= 11 is 3.10. The van der Waals surface area contributed by atoms with Crippen molar-refractivity contribution in [3.63, 3.8) is 0 Å². The smallest absolute Gasteiger partial charge is 0.147 e. The molecule has 4 heteroatoms. The van der Waals surface area contributed by atoms with E-state index in [0.717, 1.165) is 0 Å². The number of methoxy groups -OCH3 is 1. The van der Waals surface area contributed by atoms with Crippen molar-refractivity contribution < 1.29 is 14.2 Å². The molecule has 0 bridgehead atoms. The van der Waals surface area contributed by atoms with Crippen LogP contribution in [0.5, 0.6) is 5.75 Å². The maximum absolute atomic E-state index is 13.7. The molecule has 2 nitrogen and oxygen atoms in total. The summed E-state index contributed by atoms with van der Waals surface area (Å²) in [6.07, 6.45) is 1.26. The van der Waals surface area contributed by atoms with Crippen molar-refractivity contribution >= 4 is 15.9 Å². The van der Waals surface area contributed by atoms with E-state index in [-0.39, 0.29) is 4.47 Å². The summed E-state index contributed by atoms with van der Waals surface area (Å²) in [6, 6.07) is 3.23. The standard InChI is InChI=1S/C10H10BrFO2/c1-14-7-3-2-6(9(12)8(7)11)10(13)4-5-10/h2-3,13H,4-5H2,1H3. The van der Waals surface area contributed by atoms with Gasteiger partial charge in [-0.15, -0.1) is 0 Å². The zero-order valence-corrected chi connectivity index (χ0v) is 9.27. The molecule has 1 fully saturated rings. The van der Waals surface area contributed by atoms with Gasteiger partial charge in [0.05, 0.1) is 17.2 Å². The normalized spacial score (nSPS) is 18.0. The summed E-state index contributed by atoms with van der Waals surface area (Å²) in [4.78, 5) is 0. The maximum atomic E-state index is 13.7. The first-order chi connectivity index (χ1) is 6.58. The molecule has 0 atom stereocenters. The molecule has 1 saturated carbocycles. The highest BCUT2D eigenvalue weighted by Crippen LogP contribution is 2.48. The largest absolute Gasteiger partial charge is 0.495 e. The van der Waals surface area contributed by atoms with Crippen molar-refractivity contribution in [3.05, 3.63) is 28.0 Å². The Kier molecular flexibility index (Phi) is 2.27. The van der Waals surface area contributed by atoms with Gasteiger partial charge in [0, 0.05) is 5.56 Å². The van der Waals surface area contributed by atoms with E-state index in [1.54, 1.807) is 12.1 Å². The number of benzene rings is 1. The Morgan fingerprint density at radius 1 is 1.50 bits per heavy atom. The van der Waals surface area contributed by atoms with Crippen LogP contribution < -0.4 is 4.74 Å². The van der Waals surface area contributed by atoms with Gasteiger partial charge in [-0.1, -0.05) is 0 Å². The molecule has 0 aliphatic heterocycles. The lowest BCUT2D eigenvalue weighted by atomic mass is 10.1. The van der Waals surface area contributed by atoms with Crippen molar-refractivity contribution in [3.8, 4) is 5.75 Å². The third-order valence-corrected chi connectivity index (χ3v) is 3.23. The van der Waals surface area contributed by atoms with Crippen LogP contribution in [0.3, 0.4) is 0 Å². The van der Waals surface area contributed by atoms with Gasteiger partial charge in [-0.2, -0.15) is 0 Å². The average molecular weight is 261 g/mol. The van der Waals surface area contributed by atoms with Crippen LogP contribution in [0.1, 0.15) is 18.4 Å². The number of hydrogen-bond acceptors (Lipinski definition) is 2. The molecular formula is C10H10BrFO2. The number of ether oxygens (including phenoxy) is 1. The Morgan fingerprint density at radius 3 is 2.64 bits per heavy atom. The molecule has 1 aliphatic rings. The minimum Gasteiger partial charge on any atom is -0.495 e. The van der Waals surface area contributed by atoms with Gasteiger partial charge in [0.1, 0.15) is 11.6 Å². The van der Waals surface area contributed by atoms with Gasteiger partial charge < -0.3 is 9.84 Å². The molecule has 2 rings (SSSR count). The van der Waals surface area contributed by atoms with Crippen LogP contribution in [-0.2, 0) is 5.60 Å². The summed E-state index contributed by atoms with van der Waals surface area (Å²) in [5.74, 6) is 0.0138. The van der Waals surface area contributed by atoms with Crippen LogP contribution in [0, 0.1) is 5.82 Å². The minimum atomic E-state index is -0.946. The molecule has 1 aromatic carbocycles. The Labute approximate surface area is 89.8 Å². The molecule has 0 radical (unpaired) electrons. The van der Waals surface area contributed by atoms with Crippen molar-refractivity contribution in [2.24, 2.45) is 0 Å². The van der Waals surface area contributed by atoms with Gasteiger partial charge in [0.25, 0.3) is 0 Å². The van der Waals surface area contributed by atoms with Crippen LogP contribution in [-0.4, -0.2) is 12.2 Å². The predicted octanol–water partition coefficient (Wildman–Crippen LogP) is 2.58. The fourth-order valence-corrected chi connectivity index (χ4v) is 1.94. The molecule has 1 aromatic rings. The molecule has 0 aromatic heterocycles. The molecular weight excluding hydrogens is 251 g/mol. The van der Waals surface area contributed by atoms with E-state index in [1.165, 1.54) is 7.11 Å². The molecule has 0 saturated heterocycles. The molecule has 14 heavy (non-hydrogen) atoms. The average Bonchev–Trinajstić information content (AvgIpc) is 2.89. The first kappa shape index (κ1) is 9.93. The van der Waals surface area contributed by atoms with Crippen molar-refractivity contribution in [1.82, 2.24) is 0 Å². The fourth-order valence-electron chi connectivity index (χ4n) is 1.44. The summed E-state index contributed by atoms with van der Waals surface area (Å²) < 4.78 is 18.9. The lowest BCUT2D eigenvalue weighted by molar-refractivity contribution is 0.146. The van der Waals surface area contributed by atoms with Gasteiger partial charge in [-0.05, 0) is 40.9 Å². The second kappa shape index (κ2) is 3.21. The van der Waals surface area contributed by atoms with Crippen molar-refractivity contribution in [2.75, 3.05) is 7.11 Å². The van der Waals surface area contributed by atoms with Gasteiger partial charge in [0.15, 0.2) is 0 Å². The first-order valence-corrected chi connectivity index (χ1v) is 5.12. The van der Waals surface area contributed by atoms with E-state index in [1.807, 2.05) is 0 Å². The highest BCUT2D eigenvalue weighted by Gasteiger charge is 2.44. The highest BCUT2D eigenvalue weighted by atomic mass is 79.9. The van der Waals surface area contributed by atoms with E-state index in [9.17, 15) is 9.50 Å². The molecule has 0 spiro atoms. The van der Waals surface area contributed by atoms with Crippen LogP contribution in [0.2, 0.25) is 0 Å². The second-order valence-corrected chi connectivity index (χ2v) is 4.27. The second-order valence-electron chi connectivity index (χ2n) is 3.47. The summed E-state index contributed by atoms with van der Waals surface area (Å²) in [7, 11) is 1.48. The van der Waals surface area contributed by atoms with E-state index in [4.69, 9.17) is 4.74 Å². The highest BCUT2D eigenvalue weighted by molar-refractivity contribution is 9.10. The lowest BCUT2D eigenvalue weighted by Crippen LogP contribution is -2.08. The van der Waals surface area contributed by atoms with E-state index in [0.29, 0.717) is 24.2 Å². The lowest BCUT2D eigenvalue weighted by Gasteiger charge is -2.12. The Bertz CT molecular complexity index is 375. The molecule has 0 unspecified atom stereocenters. The number of halogens is 2. The van der Waals surface area contributed by atoms with Crippen LogP contribution >= 0.6 is 15.9 Å². The fraction of sp³-hybridized carbons (Fsp3) is 0.400. The summed E-state index contributed by atoms with van der Waals surface area (Å²) in [5, 5.41) is 9.77. The zero-order chi connectivity index (χ0) is 10.3. The molecule has 1 N–H and O–H groups in total.